The quantitative estimate of drug-likeness (QED) is 0.796. The Morgan fingerprint density at radius 1 is 1.59 bits per heavy atom. The van der Waals surface area contributed by atoms with Crippen LogP contribution in [0.15, 0.2) is 0 Å². The van der Waals surface area contributed by atoms with Crippen molar-refractivity contribution in [2.24, 2.45) is 0 Å². The van der Waals surface area contributed by atoms with Crippen LogP contribution in [-0.4, -0.2) is 40.5 Å². The highest BCUT2D eigenvalue weighted by Gasteiger charge is 2.18. The Hall–Kier alpha value is -1.43. The number of carbonyl (C=O) groups excluding carboxylic acids is 1. The maximum absolute atomic E-state index is 11.4. The van der Waals surface area contributed by atoms with Gasteiger partial charge in [0, 0.05) is 13.0 Å². The van der Waals surface area contributed by atoms with Gasteiger partial charge >= 0.3 is 5.97 Å². The number of ether oxygens (including phenoxy) is 2. The molecule has 0 radical (unpaired) electrons. The van der Waals surface area contributed by atoms with E-state index in [9.17, 15) is 4.79 Å². The van der Waals surface area contributed by atoms with Gasteiger partial charge < -0.3 is 9.47 Å². The molecule has 1 fully saturated rings. The first-order valence-electron chi connectivity index (χ1n) is 5.99. The van der Waals surface area contributed by atoms with Crippen LogP contribution < -0.4 is 0 Å². The summed E-state index contributed by atoms with van der Waals surface area (Å²) in [5.74, 6) is 0.289. The molecule has 94 valence electrons. The Bertz CT molecular complexity index is 372. The standard InChI is InChI=1S/C11H17N3O3/c1-2-16-11(15)10-12-9(13-14-10)7-8-5-3-4-6-17-8/h8H,2-7H2,1H3,(H,12,13,14). The van der Waals surface area contributed by atoms with Gasteiger partial charge in [-0.15, -0.1) is 5.10 Å². The van der Waals surface area contributed by atoms with E-state index < -0.39 is 5.97 Å². The van der Waals surface area contributed by atoms with Crippen molar-refractivity contribution in [3.8, 4) is 0 Å². The highest BCUT2D eigenvalue weighted by atomic mass is 16.5. The van der Waals surface area contributed by atoms with E-state index in [1.807, 2.05) is 0 Å². The van der Waals surface area contributed by atoms with Crippen LogP contribution in [0.2, 0.25) is 0 Å². The van der Waals surface area contributed by atoms with Gasteiger partial charge in [0.2, 0.25) is 0 Å². The first-order chi connectivity index (χ1) is 8.29. The lowest BCUT2D eigenvalue weighted by atomic mass is 10.1. The third-order valence-electron chi connectivity index (χ3n) is 2.68. The van der Waals surface area contributed by atoms with Gasteiger partial charge in [0.15, 0.2) is 0 Å². The molecule has 6 nitrogen and oxygen atoms in total. The minimum absolute atomic E-state index is 0.0951. The second-order valence-corrected chi connectivity index (χ2v) is 4.02. The van der Waals surface area contributed by atoms with E-state index in [2.05, 4.69) is 15.2 Å². The first kappa shape index (κ1) is 12.0. The van der Waals surface area contributed by atoms with E-state index in [0.717, 1.165) is 19.4 Å². The number of aromatic nitrogens is 3. The maximum Gasteiger partial charge on any atom is 0.378 e. The zero-order valence-corrected chi connectivity index (χ0v) is 9.94. The Morgan fingerprint density at radius 2 is 2.47 bits per heavy atom. The van der Waals surface area contributed by atoms with Gasteiger partial charge in [0.25, 0.3) is 5.82 Å². The number of nitrogens with one attached hydrogen (secondary N) is 1. The Morgan fingerprint density at radius 3 is 3.18 bits per heavy atom. The predicted octanol–water partition coefficient (Wildman–Crippen LogP) is 1.09. The van der Waals surface area contributed by atoms with Crippen LogP contribution in [0.3, 0.4) is 0 Å². The van der Waals surface area contributed by atoms with Gasteiger partial charge in [-0.05, 0) is 26.2 Å². The van der Waals surface area contributed by atoms with E-state index in [0.29, 0.717) is 18.9 Å². The number of esters is 1. The molecule has 1 aliphatic heterocycles. The van der Waals surface area contributed by atoms with Gasteiger partial charge in [-0.2, -0.15) is 0 Å². The van der Waals surface area contributed by atoms with E-state index in [-0.39, 0.29) is 11.9 Å². The first-order valence-corrected chi connectivity index (χ1v) is 5.99. The predicted molar refractivity (Wildman–Crippen MR) is 59.6 cm³/mol. The number of H-pyrrole nitrogens is 1. The molecule has 2 heterocycles. The molecule has 1 aliphatic rings. The van der Waals surface area contributed by atoms with Gasteiger partial charge in [-0.25, -0.2) is 9.78 Å². The average Bonchev–Trinajstić information content (AvgIpc) is 2.79. The Labute approximate surface area is 99.7 Å². The third kappa shape index (κ3) is 3.26. The van der Waals surface area contributed by atoms with Crippen LogP contribution in [0, 0.1) is 0 Å². The number of nitrogens with zero attached hydrogens (tertiary/aromatic N) is 2. The van der Waals surface area contributed by atoms with Crippen LogP contribution in [0.1, 0.15) is 42.6 Å². The summed E-state index contributed by atoms with van der Waals surface area (Å²) in [5, 5.41) is 6.58. The van der Waals surface area contributed by atoms with Gasteiger partial charge in [0.1, 0.15) is 5.82 Å². The van der Waals surface area contributed by atoms with Crippen LogP contribution in [0.25, 0.3) is 0 Å². The lowest BCUT2D eigenvalue weighted by Gasteiger charge is -2.21. The summed E-state index contributed by atoms with van der Waals surface area (Å²) in [4.78, 5) is 15.5. The topological polar surface area (TPSA) is 77.1 Å². The molecule has 0 amide bonds. The molecule has 0 spiro atoms. The molecule has 1 aromatic rings. The lowest BCUT2D eigenvalue weighted by Crippen LogP contribution is -2.21. The fourth-order valence-electron chi connectivity index (χ4n) is 1.86. The summed E-state index contributed by atoms with van der Waals surface area (Å²) >= 11 is 0. The van der Waals surface area contributed by atoms with Crippen LogP contribution in [-0.2, 0) is 15.9 Å². The average molecular weight is 239 g/mol. The van der Waals surface area contributed by atoms with Crippen molar-refractivity contribution < 1.29 is 14.3 Å². The SMILES string of the molecule is CCOC(=O)c1n[nH]c(CC2CCCCO2)n1. The molecule has 1 N–H and O–H groups in total. The molecule has 17 heavy (non-hydrogen) atoms. The molecule has 1 unspecified atom stereocenters. The monoisotopic (exact) mass is 239 g/mol. The summed E-state index contributed by atoms with van der Waals surface area (Å²) < 4.78 is 10.4. The Kier molecular flexibility index (Phi) is 4.08. The maximum atomic E-state index is 11.4. The van der Waals surface area contributed by atoms with E-state index in [1.165, 1.54) is 6.42 Å². The van der Waals surface area contributed by atoms with Crippen molar-refractivity contribution in [1.82, 2.24) is 15.2 Å². The molecule has 0 saturated carbocycles. The van der Waals surface area contributed by atoms with Crippen molar-refractivity contribution in [1.29, 1.82) is 0 Å². The zero-order chi connectivity index (χ0) is 12.1. The summed E-state index contributed by atoms with van der Waals surface area (Å²) in [7, 11) is 0. The van der Waals surface area contributed by atoms with E-state index >= 15 is 0 Å². The zero-order valence-electron chi connectivity index (χ0n) is 9.94. The van der Waals surface area contributed by atoms with Crippen molar-refractivity contribution in [2.75, 3.05) is 13.2 Å². The molecule has 6 heteroatoms. The van der Waals surface area contributed by atoms with Crippen molar-refractivity contribution in [3.05, 3.63) is 11.6 Å². The number of rotatable bonds is 4. The molecule has 0 aliphatic carbocycles. The highest BCUT2D eigenvalue weighted by molar-refractivity contribution is 5.84. The van der Waals surface area contributed by atoms with E-state index in [1.54, 1.807) is 6.92 Å². The second kappa shape index (κ2) is 5.77. The summed E-state index contributed by atoms with van der Waals surface area (Å²) in [6.07, 6.45) is 4.21. The fraction of sp³-hybridized carbons (Fsp3) is 0.727. The molecule has 1 atom stereocenters. The molecule has 0 aromatic carbocycles. The van der Waals surface area contributed by atoms with Gasteiger partial charge in [-0.1, -0.05) is 0 Å². The second-order valence-electron chi connectivity index (χ2n) is 4.02. The van der Waals surface area contributed by atoms with Crippen LogP contribution in [0.4, 0.5) is 0 Å². The van der Waals surface area contributed by atoms with Crippen LogP contribution in [0.5, 0.6) is 0 Å². The van der Waals surface area contributed by atoms with Crippen molar-refractivity contribution in [2.45, 2.75) is 38.7 Å². The Balaban J connectivity index is 1.91. The van der Waals surface area contributed by atoms with Gasteiger partial charge in [-0.3, -0.25) is 5.10 Å². The highest BCUT2D eigenvalue weighted by Crippen LogP contribution is 2.15. The molecule has 1 aromatic heterocycles. The van der Waals surface area contributed by atoms with Crippen molar-refractivity contribution in [3.63, 3.8) is 0 Å². The fourth-order valence-corrected chi connectivity index (χ4v) is 1.86. The number of hydrogen-bond acceptors (Lipinski definition) is 5. The minimum Gasteiger partial charge on any atom is -0.460 e. The summed E-state index contributed by atoms with van der Waals surface area (Å²) in [5.41, 5.74) is 0. The lowest BCUT2D eigenvalue weighted by molar-refractivity contribution is 0.0156. The number of hydrogen-bond donors (Lipinski definition) is 1. The van der Waals surface area contributed by atoms with E-state index in [4.69, 9.17) is 9.47 Å². The minimum atomic E-state index is -0.487. The molecular formula is C11H17N3O3. The number of aromatic amines is 1. The molecule has 1 saturated heterocycles. The van der Waals surface area contributed by atoms with Crippen molar-refractivity contribution >= 4 is 5.97 Å². The normalized spacial score (nSPS) is 20.2. The van der Waals surface area contributed by atoms with Crippen LogP contribution >= 0.6 is 0 Å². The third-order valence-corrected chi connectivity index (χ3v) is 2.68. The smallest absolute Gasteiger partial charge is 0.378 e. The summed E-state index contributed by atoms with van der Waals surface area (Å²) in [6.45, 7) is 2.89. The molecular weight excluding hydrogens is 222 g/mol. The van der Waals surface area contributed by atoms with Gasteiger partial charge in [0.05, 0.1) is 12.7 Å². The molecule has 0 bridgehead atoms. The molecule has 2 rings (SSSR count). The summed E-state index contributed by atoms with van der Waals surface area (Å²) in [6, 6.07) is 0. The largest absolute Gasteiger partial charge is 0.460 e. The number of carbonyl (C=O) groups is 1.